The van der Waals surface area contributed by atoms with Crippen molar-refractivity contribution in [2.45, 2.75) is 13.0 Å². The number of rotatable bonds is 4. The average molecular weight is 434 g/mol. The molecule has 0 saturated carbocycles. The molecule has 0 aliphatic carbocycles. The van der Waals surface area contributed by atoms with Crippen molar-refractivity contribution in [1.82, 2.24) is 39.3 Å². The third kappa shape index (κ3) is 3.13. The second-order valence-electron chi connectivity index (χ2n) is 6.88. The third-order valence-corrected chi connectivity index (χ3v) is 5.25. The second-order valence-corrected chi connectivity index (χ2v) is 7.29. The number of nitrogens with one attached hydrogen (secondary N) is 1. The van der Waals surface area contributed by atoms with Gasteiger partial charge in [-0.05, 0) is 19.1 Å². The number of pyridine rings is 1. The summed E-state index contributed by atoms with van der Waals surface area (Å²) < 4.78 is 3.30. The van der Waals surface area contributed by atoms with E-state index in [4.69, 9.17) is 17.3 Å². The molecule has 5 aromatic heterocycles. The van der Waals surface area contributed by atoms with Crippen molar-refractivity contribution in [3.63, 3.8) is 0 Å². The first-order valence-corrected chi connectivity index (χ1v) is 9.73. The number of fused-ring (bicyclic) bond motifs is 2. The van der Waals surface area contributed by atoms with E-state index in [9.17, 15) is 4.79 Å². The van der Waals surface area contributed by atoms with Gasteiger partial charge in [0.1, 0.15) is 11.3 Å². The summed E-state index contributed by atoms with van der Waals surface area (Å²) in [7, 11) is 0. The van der Waals surface area contributed by atoms with E-state index in [2.05, 4.69) is 30.4 Å². The van der Waals surface area contributed by atoms with Gasteiger partial charge in [-0.25, -0.2) is 14.5 Å². The van der Waals surface area contributed by atoms with Crippen molar-refractivity contribution < 1.29 is 4.79 Å². The van der Waals surface area contributed by atoms with Crippen molar-refractivity contribution >= 4 is 34.5 Å². The molecule has 0 saturated heterocycles. The maximum absolute atomic E-state index is 13.1. The molecule has 3 N–H and O–H groups in total. The summed E-state index contributed by atoms with van der Waals surface area (Å²) in [4.78, 5) is 30.1. The molecule has 5 aromatic rings. The van der Waals surface area contributed by atoms with Crippen LogP contribution < -0.4 is 11.1 Å². The van der Waals surface area contributed by atoms with E-state index in [-0.39, 0.29) is 11.4 Å². The quantitative estimate of drug-likeness (QED) is 0.445. The summed E-state index contributed by atoms with van der Waals surface area (Å²) in [5, 5.41) is 7.62. The van der Waals surface area contributed by atoms with Gasteiger partial charge in [0.05, 0.1) is 41.0 Å². The lowest BCUT2D eigenvalue weighted by Gasteiger charge is -2.19. The van der Waals surface area contributed by atoms with Gasteiger partial charge >= 0.3 is 0 Å². The topological polar surface area (TPSA) is 128 Å². The summed E-state index contributed by atoms with van der Waals surface area (Å²) in [5.74, 6) is -0.300. The van der Waals surface area contributed by atoms with E-state index in [1.807, 2.05) is 11.3 Å². The molecule has 0 spiro atoms. The van der Waals surface area contributed by atoms with Crippen LogP contribution in [0.15, 0.2) is 55.6 Å². The maximum atomic E-state index is 13.1. The smallest absolute Gasteiger partial charge is 0.259 e. The number of hydrogen-bond acceptors (Lipinski definition) is 7. The van der Waals surface area contributed by atoms with E-state index in [0.29, 0.717) is 16.4 Å². The zero-order valence-corrected chi connectivity index (χ0v) is 17.0. The van der Waals surface area contributed by atoms with Gasteiger partial charge in [0.25, 0.3) is 5.91 Å². The highest BCUT2D eigenvalue weighted by atomic mass is 35.5. The van der Waals surface area contributed by atoms with Crippen LogP contribution in [-0.2, 0) is 0 Å². The molecule has 11 heteroatoms. The average Bonchev–Trinajstić information content (AvgIpc) is 3.38. The standard InChI is InChI=1S/C20H16ClN9O/c1-11(27-20(31)16-18(22)28-30-6-2-3-26-19(16)30)12-7-13(21)15-9-24-10-29(15)17(12)14-8-23-4-5-25-14/h2-11H,1H3,(H2,22,28)(H,27,31). The molecule has 5 rings (SSSR count). The van der Waals surface area contributed by atoms with Crippen LogP contribution in [0, 0.1) is 0 Å². The van der Waals surface area contributed by atoms with Crippen molar-refractivity contribution in [1.29, 1.82) is 0 Å². The Bertz CT molecular complexity index is 1430. The minimum Gasteiger partial charge on any atom is -0.381 e. The number of carbonyl (C=O) groups is 1. The number of halogens is 1. The molecule has 10 nitrogen and oxygen atoms in total. The van der Waals surface area contributed by atoms with E-state index in [1.54, 1.807) is 55.6 Å². The van der Waals surface area contributed by atoms with Crippen LogP contribution in [0.25, 0.3) is 22.6 Å². The normalized spacial score (nSPS) is 12.3. The Balaban J connectivity index is 1.59. The molecule has 1 amide bonds. The van der Waals surface area contributed by atoms with Gasteiger partial charge < -0.3 is 11.1 Å². The van der Waals surface area contributed by atoms with Crippen molar-refractivity contribution in [2.75, 3.05) is 5.73 Å². The van der Waals surface area contributed by atoms with Gasteiger partial charge in [-0.3, -0.25) is 19.2 Å². The highest BCUT2D eigenvalue weighted by molar-refractivity contribution is 6.34. The van der Waals surface area contributed by atoms with Crippen molar-refractivity contribution in [2.24, 2.45) is 0 Å². The molecule has 0 radical (unpaired) electrons. The van der Waals surface area contributed by atoms with Crippen LogP contribution in [0.4, 0.5) is 5.82 Å². The van der Waals surface area contributed by atoms with Gasteiger partial charge in [0.15, 0.2) is 11.5 Å². The maximum Gasteiger partial charge on any atom is 0.259 e. The summed E-state index contributed by atoms with van der Waals surface area (Å²) in [6, 6.07) is 3.05. The summed E-state index contributed by atoms with van der Waals surface area (Å²) in [6.07, 6.45) is 11.4. The van der Waals surface area contributed by atoms with Gasteiger partial charge in [0.2, 0.25) is 0 Å². The fraction of sp³-hybridized carbons (Fsp3) is 0.100. The minimum atomic E-state index is -0.452. The first-order chi connectivity index (χ1) is 15.0. The zero-order valence-electron chi connectivity index (χ0n) is 16.3. The largest absolute Gasteiger partial charge is 0.381 e. The molecule has 1 unspecified atom stereocenters. The first-order valence-electron chi connectivity index (χ1n) is 9.35. The number of nitrogens with zero attached hydrogens (tertiary/aromatic N) is 7. The number of imidazole rings is 1. The number of hydrogen-bond donors (Lipinski definition) is 2. The molecule has 0 aliphatic heterocycles. The minimum absolute atomic E-state index is 0.0978. The Labute approximate surface area is 180 Å². The molecule has 5 heterocycles. The molecule has 0 fully saturated rings. The van der Waals surface area contributed by atoms with E-state index in [0.717, 1.165) is 16.8 Å². The van der Waals surface area contributed by atoms with Crippen LogP contribution in [-0.4, -0.2) is 39.9 Å². The molecule has 0 aromatic carbocycles. The molecule has 0 aliphatic rings. The van der Waals surface area contributed by atoms with E-state index >= 15 is 0 Å². The number of carbonyl (C=O) groups excluding carboxylic acids is 1. The lowest BCUT2D eigenvalue weighted by molar-refractivity contribution is 0.0942. The molecule has 31 heavy (non-hydrogen) atoms. The summed E-state index contributed by atoms with van der Waals surface area (Å²) in [5.41, 5.74) is 9.39. The fourth-order valence-corrected chi connectivity index (χ4v) is 3.82. The van der Waals surface area contributed by atoms with Crippen LogP contribution in [0.1, 0.15) is 28.9 Å². The predicted octanol–water partition coefficient (Wildman–Crippen LogP) is 2.56. The predicted molar refractivity (Wildman–Crippen MR) is 115 cm³/mol. The highest BCUT2D eigenvalue weighted by Crippen LogP contribution is 2.32. The van der Waals surface area contributed by atoms with Gasteiger partial charge in [-0.2, -0.15) is 0 Å². The van der Waals surface area contributed by atoms with Crippen LogP contribution in [0.3, 0.4) is 0 Å². The second kappa shape index (κ2) is 7.33. The Kier molecular flexibility index (Phi) is 4.48. The molecular weight excluding hydrogens is 418 g/mol. The van der Waals surface area contributed by atoms with Gasteiger partial charge in [0, 0.05) is 30.4 Å². The number of nitrogen functional groups attached to an aromatic ring is 1. The van der Waals surface area contributed by atoms with E-state index < -0.39 is 11.9 Å². The Morgan fingerprint density at radius 1 is 1.19 bits per heavy atom. The van der Waals surface area contributed by atoms with Gasteiger partial charge in [-0.15, -0.1) is 5.10 Å². The van der Waals surface area contributed by atoms with Gasteiger partial charge in [-0.1, -0.05) is 11.6 Å². The lowest BCUT2D eigenvalue weighted by Crippen LogP contribution is -2.28. The number of nitrogens with two attached hydrogens (primary N) is 1. The molecular formula is C20H16ClN9O. The summed E-state index contributed by atoms with van der Waals surface area (Å²) >= 11 is 6.49. The Hall–Kier alpha value is -4.05. The summed E-state index contributed by atoms with van der Waals surface area (Å²) in [6.45, 7) is 1.85. The number of amides is 1. The zero-order chi connectivity index (χ0) is 21.5. The SMILES string of the molecule is CC(NC(=O)c1c(N)nn2cccnc12)c1cc(Cl)c2cncn2c1-c1cnccn1. The third-order valence-electron chi connectivity index (χ3n) is 4.95. The van der Waals surface area contributed by atoms with Crippen LogP contribution in [0.5, 0.6) is 0 Å². The lowest BCUT2D eigenvalue weighted by atomic mass is 10.0. The molecule has 154 valence electrons. The molecule has 0 bridgehead atoms. The first kappa shape index (κ1) is 18.9. The Morgan fingerprint density at radius 3 is 2.87 bits per heavy atom. The number of anilines is 1. The van der Waals surface area contributed by atoms with Crippen LogP contribution in [0.2, 0.25) is 5.02 Å². The monoisotopic (exact) mass is 433 g/mol. The van der Waals surface area contributed by atoms with Crippen molar-refractivity contribution in [3.8, 4) is 11.4 Å². The molecule has 1 atom stereocenters. The highest BCUT2D eigenvalue weighted by Gasteiger charge is 2.24. The number of aromatic nitrogens is 7. The fourth-order valence-electron chi connectivity index (χ4n) is 3.56. The van der Waals surface area contributed by atoms with Crippen molar-refractivity contribution in [3.05, 3.63) is 71.8 Å². The Morgan fingerprint density at radius 2 is 2.06 bits per heavy atom. The van der Waals surface area contributed by atoms with E-state index in [1.165, 1.54) is 4.52 Å². The van der Waals surface area contributed by atoms with Crippen LogP contribution >= 0.6 is 11.6 Å².